The van der Waals surface area contributed by atoms with Gasteiger partial charge in [0.15, 0.2) is 5.11 Å². The number of anilines is 1. The fourth-order valence-corrected chi connectivity index (χ4v) is 2.32. The number of carbonyl (C=O) groups excluding carboxylic acids is 1. The van der Waals surface area contributed by atoms with Gasteiger partial charge in [-0.05, 0) is 61.1 Å². The quantitative estimate of drug-likeness (QED) is 0.574. The summed E-state index contributed by atoms with van der Waals surface area (Å²) in [5.41, 5.74) is 0.105. The Morgan fingerprint density at radius 1 is 1.19 bits per heavy atom. The molecule has 0 aromatic heterocycles. The number of alkyl halides is 3. The molecule has 2 aromatic rings. The van der Waals surface area contributed by atoms with Crippen LogP contribution < -0.4 is 15.4 Å². The van der Waals surface area contributed by atoms with E-state index in [0.717, 1.165) is 23.4 Å². The molecule has 2 rings (SSSR count). The third kappa shape index (κ3) is 6.74. The van der Waals surface area contributed by atoms with Gasteiger partial charge in [-0.2, -0.15) is 13.2 Å². The van der Waals surface area contributed by atoms with E-state index in [9.17, 15) is 18.0 Å². The molecule has 4 nitrogen and oxygen atoms in total. The molecule has 2 aromatic carbocycles. The Bertz CT molecular complexity index is 834. The number of hydrogen-bond donors (Lipinski definition) is 2. The lowest BCUT2D eigenvalue weighted by Crippen LogP contribution is -2.32. The van der Waals surface area contributed by atoms with E-state index in [-0.39, 0.29) is 10.8 Å². The topological polar surface area (TPSA) is 50.4 Å². The molecule has 0 heterocycles. The molecule has 2 N–H and O–H groups in total. The molecule has 27 heavy (non-hydrogen) atoms. The lowest BCUT2D eigenvalue weighted by atomic mass is 10.2. The SMILES string of the molecule is CCOc1ccc(/C=C/C(=O)NC(=S)Nc2cccc(C(F)(F)F)c2)cc1. The summed E-state index contributed by atoms with van der Waals surface area (Å²) in [5.74, 6) is 0.221. The van der Waals surface area contributed by atoms with Gasteiger partial charge in [-0.3, -0.25) is 10.1 Å². The number of hydrogen-bond acceptors (Lipinski definition) is 3. The minimum atomic E-state index is -4.46. The molecule has 8 heteroatoms. The van der Waals surface area contributed by atoms with Gasteiger partial charge < -0.3 is 10.1 Å². The monoisotopic (exact) mass is 394 g/mol. The molecule has 0 aliphatic carbocycles. The van der Waals surface area contributed by atoms with Crippen LogP contribution in [-0.4, -0.2) is 17.6 Å². The van der Waals surface area contributed by atoms with Gasteiger partial charge in [-0.25, -0.2) is 0 Å². The largest absolute Gasteiger partial charge is 0.494 e. The summed E-state index contributed by atoms with van der Waals surface area (Å²) in [6.45, 7) is 2.45. The molecule has 142 valence electrons. The van der Waals surface area contributed by atoms with Crippen molar-refractivity contribution in [3.63, 3.8) is 0 Å². The zero-order chi connectivity index (χ0) is 19.9. The van der Waals surface area contributed by atoms with Crippen molar-refractivity contribution in [1.82, 2.24) is 5.32 Å². The van der Waals surface area contributed by atoms with Gasteiger partial charge >= 0.3 is 6.18 Å². The van der Waals surface area contributed by atoms with Crippen molar-refractivity contribution < 1.29 is 22.7 Å². The molecule has 0 radical (unpaired) electrons. The predicted molar refractivity (Wildman–Crippen MR) is 102 cm³/mol. The van der Waals surface area contributed by atoms with Crippen molar-refractivity contribution in [1.29, 1.82) is 0 Å². The van der Waals surface area contributed by atoms with Gasteiger partial charge in [0.05, 0.1) is 12.2 Å². The first kappa shape index (κ1) is 20.4. The predicted octanol–water partition coefficient (Wildman–Crippen LogP) is 4.63. The molecule has 0 bridgehead atoms. The van der Waals surface area contributed by atoms with Crippen molar-refractivity contribution in [3.8, 4) is 5.75 Å². The Morgan fingerprint density at radius 3 is 2.52 bits per heavy atom. The van der Waals surface area contributed by atoms with Crippen LogP contribution >= 0.6 is 12.2 Å². The van der Waals surface area contributed by atoms with Crippen LogP contribution in [0.5, 0.6) is 5.75 Å². The molecule has 0 fully saturated rings. The van der Waals surface area contributed by atoms with Gasteiger partial charge in [0, 0.05) is 11.8 Å². The first-order valence-electron chi connectivity index (χ1n) is 7.98. The van der Waals surface area contributed by atoms with E-state index in [4.69, 9.17) is 17.0 Å². The summed E-state index contributed by atoms with van der Waals surface area (Å²) in [6, 6.07) is 11.7. The Hall–Kier alpha value is -2.87. The zero-order valence-corrected chi connectivity index (χ0v) is 15.2. The van der Waals surface area contributed by atoms with Crippen LogP contribution in [0.1, 0.15) is 18.1 Å². The summed E-state index contributed by atoms with van der Waals surface area (Å²) in [4.78, 5) is 11.9. The third-order valence-electron chi connectivity index (χ3n) is 3.30. The van der Waals surface area contributed by atoms with E-state index in [1.807, 2.05) is 6.92 Å². The Morgan fingerprint density at radius 2 is 1.89 bits per heavy atom. The van der Waals surface area contributed by atoms with Crippen molar-refractivity contribution >= 4 is 35.0 Å². The highest BCUT2D eigenvalue weighted by Crippen LogP contribution is 2.30. The summed E-state index contributed by atoms with van der Waals surface area (Å²) >= 11 is 4.95. The number of nitrogens with one attached hydrogen (secondary N) is 2. The number of benzene rings is 2. The highest BCUT2D eigenvalue weighted by atomic mass is 32.1. The van der Waals surface area contributed by atoms with Crippen molar-refractivity contribution in [2.75, 3.05) is 11.9 Å². The summed E-state index contributed by atoms with van der Waals surface area (Å²) in [5, 5.41) is 4.83. The lowest BCUT2D eigenvalue weighted by Gasteiger charge is -2.11. The smallest absolute Gasteiger partial charge is 0.416 e. The van der Waals surface area contributed by atoms with Crippen molar-refractivity contribution in [2.24, 2.45) is 0 Å². The van der Waals surface area contributed by atoms with Crippen LogP contribution in [0, 0.1) is 0 Å². The maximum Gasteiger partial charge on any atom is 0.416 e. The first-order chi connectivity index (χ1) is 12.8. The van der Waals surface area contributed by atoms with Crippen molar-refractivity contribution in [3.05, 3.63) is 65.7 Å². The maximum atomic E-state index is 12.7. The van der Waals surface area contributed by atoms with E-state index >= 15 is 0 Å². The molecule has 0 atom stereocenters. The standard InChI is InChI=1S/C19H17F3N2O2S/c1-2-26-16-9-6-13(7-10-16)8-11-17(25)24-18(27)23-15-5-3-4-14(12-15)19(20,21)22/h3-12H,2H2,1H3,(H2,23,24,25,27)/b11-8+. The fraction of sp³-hybridized carbons (Fsp3) is 0.158. The Balaban J connectivity index is 1.91. The van der Waals surface area contributed by atoms with Crippen LogP contribution in [0.2, 0.25) is 0 Å². The van der Waals surface area contributed by atoms with Crippen LogP contribution in [0.25, 0.3) is 6.08 Å². The van der Waals surface area contributed by atoms with Crippen LogP contribution in [0.4, 0.5) is 18.9 Å². The number of thiocarbonyl (C=S) groups is 1. The lowest BCUT2D eigenvalue weighted by molar-refractivity contribution is -0.137. The Labute approximate surface area is 160 Å². The summed E-state index contributed by atoms with van der Waals surface area (Å²) < 4.78 is 43.4. The molecule has 0 saturated heterocycles. The number of halogens is 3. The normalized spacial score (nSPS) is 11.3. The van der Waals surface area contributed by atoms with Gasteiger partial charge in [-0.15, -0.1) is 0 Å². The highest BCUT2D eigenvalue weighted by Gasteiger charge is 2.30. The van der Waals surface area contributed by atoms with E-state index in [1.165, 1.54) is 18.2 Å². The van der Waals surface area contributed by atoms with Gasteiger partial charge in [0.25, 0.3) is 0 Å². The number of amides is 1. The summed E-state index contributed by atoms with van der Waals surface area (Å²) in [6.07, 6.45) is -1.60. The van der Waals surface area contributed by atoms with E-state index < -0.39 is 17.6 Å². The molecule has 0 saturated carbocycles. The minimum Gasteiger partial charge on any atom is -0.494 e. The molecular formula is C19H17F3N2O2S. The van der Waals surface area contributed by atoms with Gasteiger partial charge in [0.2, 0.25) is 5.91 Å². The molecule has 1 amide bonds. The van der Waals surface area contributed by atoms with E-state index in [1.54, 1.807) is 30.3 Å². The number of carbonyl (C=O) groups is 1. The third-order valence-corrected chi connectivity index (χ3v) is 3.51. The summed E-state index contributed by atoms with van der Waals surface area (Å²) in [7, 11) is 0. The van der Waals surface area contributed by atoms with Gasteiger partial charge in [0.1, 0.15) is 5.75 Å². The molecule has 0 unspecified atom stereocenters. The minimum absolute atomic E-state index is 0.101. The van der Waals surface area contributed by atoms with E-state index in [2.05, 4.69) is 10.6 Å². The molecule has 0 aliphatic heterocycles. The average molecular weight is 394 g/mol. The highest BCUT2D eigenvalue weighted by molar-refractivity contribution is 7.80. The second kappa shape index (κ2) is 9.18. The van der Waals surface area contributed by atoms with Crippen LogP contribution in [0.3, 0.4) is 0 Å². The second-order valence-electron chi connectivity index (χ2n) is 5.36. The molecule has 0 spiro atoms. The van der Waals surface area contributed by atoms with Crippen LogP contribution in [0.15, 0.2) is 54.6 Å². The van der Waals surface area contributed by atoms with Crippen LogP contribution in [-0.2, 0) is 11.0 Å². The second-order valence-corrected chi connectivity index (χ2v) is 5.77. The molecule has 0 aliphatic rings. The Kier molecular flexibility index (Phi) is 6.95. The zero-order valence-electron chi connectivity index (χ0n) is 14.3. The van der Waals surface area contributed by atoms with Gasteiger partial charge in [-0.1, -0.05) is 18.2 Å². The van der Waals surface area contributed by atoms with Crippen molar-refractivity contribution in [2.45, 2.75) is 13.1 Å². The number of rotatable bonds is 5. The first-order valence-corrected chi connectivity index (χ1v) is 8.39. The fourth-order valence-electron chi connectivity index (χ4n) is 2.10. The number of ether oxygens (including phenoxy) is 1. The molecular weight excluding hydrogens is 377 g/mol. The average Bonchev–Trinajstić information content (AvgIpc) is 2.61. The van der Waals surface area contributed by atoms with E-state index in [0.29, 0.717) is 6.61 Å². The maximum absolute atomic E-state index is 12.7.